The van der Waals surface area contributed by atoms with Crippen molar-refractivity contribution in [1.82, 2.24) is 25.1 Å². The van der Waals surface area contributed by atoms with Gasteiger partial charge in [-0.15, -0.1) is 0 Å². The number of carbonyl (C=O) groups excluding carboxylic acids is 1. The Labute approximate surface area is 142 Å². The Hall–Kier alpha value is -3.16. The van der Waals surface area contributed by atoms with Gasteiger partial charge >= 0.3 is 0 Å². The highest BCUT2D eigenvalue weighted by molar-refractivity contribution is 5.93. The maximum atomic E-state index is 13.9. The number of amides is 1. The van der Waals surface area contributed by atoms with Gasteiger partial charge in [0.1, 0.15) is 23.7 Å². The van der Waals surface area contributed by atoms with E-state index in [4.69, 9.17) is 0 Å². The van der Waals surface area contributed by atoms with Crippen LogP contribution in [0.1, 0.15) is 21.9 Å². The minimum Gasteiger partial charge on any atom is -0.345 e. The van der Waals surface area contributed by atoms with Crippen LogP contribution in [0.3, 0.4) is 0 Å². The molecule has 3 rings (SSSR count). The topological polar surface area (TPSA) is 72.7 Å². The first-order valence-corrected chi connectivity index (χ1v) is 7.49. The third-order valence-electron chi connectivity index (χ3n) is 3.61. The van der Waals surface area contributed by atoms with Crippen LogP contribution in [0, 0.1) is 18.6 Å². The molecule has 0 fully saturated rings. The van der Waals surface area contributed by atoms with Crippen molar-refractivity contribution in [3.05, 3.63) is 65.4 Å². The number of rotatable bonds is 4. The van der Waals surface area contributed by atoms with Gasteiger partial charge in [-0.1, -0.05) is 0 Å². The van der Waals surface area contributed by atoms with Crippen molar-refractivity contribution in [3.63, 3.8) is 0 Å². The molecule has 0 aliphatic heterocycles. The zero-order valence-corrected chi connectivity index (χ0v) is 13.6. The number of aryl methyl sites for hydroxylation is 2. The van der Waals surface area contributed by atoms with Gasteiger partial charge in [-0.2, -0.15) is 5.10 Å². The molecule has 0 bridgehead atoms. The van der Waals surface area contributed by atoms with Gasteiger partial charge in [0.2, 0.25) is 0 Å². The lowest BCUT2D eigenvalue weighted by Crippen LogP contribution is -2.25. The van der Waals surface area contributed by atoms with Crippen LogP contribution in [0.4, 0.5) is 8.78 Å². The molecule has 0 saturated heterocycles. The van der Waals surface area contributed by atoms with Crippen LogP contribution in [-0.2, 0) is 13.6 Å². The maximum Gasteiger partial charge on any atom is 0.269 e. The Bertz CT molecular complexity index is 939. The van der Waals surface area contributed by atoms with Crippen molar-refractivity contribution in [1.29, 1.82) is 0 Å². The summed E-state index contributed by atoms with van der Waals surface area (Å²) in [7, 11) is 1.58. The molecule has 0 spiro atoms. The van der Waals surface area contributed by atoms with Gasteiger partial charge in [0.05, 0.1) is 17.9 Å². The zero-order valence-electron chi connectivity index (χ0n) is 13.6. The molecule has 2 heterocycles. The van der Waals surface area contributed by atoms with E-state index in [1.54, 1.807) is 13.1 Å². The predicted molar refractivity (Wildman–Crippen MR) is 86.5 cm³/mol. The molecule has 0 aliphatic carbocycles. The van der Waals surface area contributed by atoms with Crippen molar-refractivity contribution in [2.75, 3.05) is 0 Å². The van der Waals surface area contributed by atoms with Crippen molar-refractivity contribution >= 4 is 5.91 Å². The van der Waals surface area contributed by atoms with Crippen molar-refractivity contribution < 1.29 is 13.6 Å². The smallest absolute Gasteiger partial charge is 0.269 e. The number of hydrogen-bond donors (Lipinski definition) is 1. The Morgan fingerprint density at radius 1 is 1.20 bits per heavy atom. The highest BCUT2D eigenvalue weighted by atomic mass is 19.1. The molecule has 6 nitrogen and oxygen atoms in total. The molecule has 2 aromatic heterocycles. The molecule has 8 heteroatoms. The van der Waals surface area contributed by atoms with Gasteiger partial charge < -0.3 is 5.32 Å². The Kier molecular flexibility index (Phi) is 4.51. The standard InChI is InChI=1S/C17H15F2N5O/c1-10-5-12(22-9-21-10)8-20-17(25)16-7-15(23-24(16)2)13-4-3-11(18)6-14(13)19/h3-7,9H,8H2,1-2H3,(H,20,25). The number of nitrogens with zero attached hydrogens (tertiary/aromatic N) is 4. The van der Waals surface area contributed by atoms with E-state index in [2.05, 4.69) is 20.4 Å². The van der Waals surface area contributed by atoms with E-state index in [1.165, 1.54) is 23.1 Å². The largest absolute Gasteiger partial charge is 0.345 e. The third-order valence-corrected chi connectivity index (χ3v) is 3.61. The highest BCUT2D eigenvalue weighted by Gasteiger charge is 2.16. The molecule has 0 saturated carbocycles. The number of hydrogen-bond acceptors (Lipinski definition) is 4. The first-order valence-electron chi connectivity index (χ1n) is 7.49. The second-order valence-electron chi connectivity index (χ2n) is 5.50. The minimum atomic E-state index is -0.735. The lowest BCUT2D eigenvalue weighted by atomic mass is 10.1. The number of nitrogens with one attached hydrogen (secondary N) is 1. The van der Waals surface area contributed by atoms with Gasteiger partial charge in [0.25, 0.3) is 5.91 Å². The molecule has 0 atom stereocenters. The van der Waals surface area contributed by atoms with Gasteiger partial charge in [-0.3, -0.25) is 9.48 Å². The summed E-state index contributed by atoms with van der Waals surface area (Å²) in [6, 6.07) is 6.43. The van der Waals surface area contributed by atoms with Crippen LogP contribution in [0.25, 0.3) is 11.3 Å². The lowest BCUT2D eigenvalue weighted by Gasteiger charge is -2.05. The van der Waals surface area contributed by atoms with E-state index >= 15 is 0 Å². The fraction of sp³-hybridized carbons (Fsp3) is 0.176. The maximum absolute atomic E-state index is 13.9. The number of halogens is 2. The van der Waals surface area contributed by atoms with Crippen molar-refractivity contribution in [2.24, 2.45) is 7.05 Å². The third kappa shape index (κ3) is 3.68. The van der Waals surface area contributed by atoms with Crippen molar-refractivity contribution in [2.45, 2.75) is 13.5 Å². The van der Waals surface area contributed by atoms with Crippen molar-refractivity contribution in [3.8, 4) is 11.3 Å². The Morgan fingerprint density at radius 2 is 2.00 bits per heavy atom. The molecular formula is C17H15F2N5O. The van der Waals surface area contributed by atoms with E-state index < -0.39 is 11.6 Å². The monoisotopic (exact) mass is 343 g/mol. The van der Waals surface area contributed by atoms with Crippen LogP contribution in [0.15, 0.2) is 36.7 Å². The van der Waals surface area contributed by atoms with Gasteiger partial charge in [0.15, 0.2) is 0 Å². The van der Waals surface area contributed by atoms with Crippen LogP contribution in [0.5, 0.6) is 0 Å². The highest BCUT2D eigenvalue weighted by Crippen LogP contribution is 2.23. The summed E-state index contributed by atoms with van der Waals surface area (Å²) in [6.45, 7) is 2.06. The van der Waals surface area contributed by atoms with Gasteiger partial charge in [0, 0.05) is 24.4 Å². The summed E-state index contributed by atoms with van der Waals surface area (Å²) in [4.78, 5) is 20.4. The molecular weight excluding hydrogens is 328 g/mol. The van der Waals surface area contributed by atoms with E-state index in [0.29, 0.717) is 5.69 Å². The molecule has 1 amide bonds. The number of aromatic nitrogens is 4. The summed E-state index contributed by atoms with van der Waals surface area (Å²) in [5.41, 5.74) is 2.11. The van der Waals surface area contributed by atoms with Crippen LogP contribution >= 0.6 is 0 Å². The SMILES string of the molecule is Cc1cc(CNC(=O)c2cc(-c3ccc(F)cc3F)nn2C)ncn1. The average molecular weight is 343 g/mol. The molecule has 25 heavy (non-hydrogen) atoms. The Balaban J connectivity index is 1.78. The molecule has 0 aliphatic rings. The van der Waals surface area contributed by atoms with E-state index in [0.717, 1.165) is 17.8 Å². The van der Waals surface area contributed by atoms with E-state index in [-0.39, 0.29) is 29.4 Å². The second-order valence-corrected chi connectivity index (χ2v) is 5.50. The Morgan fingerprint density at radius 3 is 2.72 bits per heavy atom. The first kappa shape index (κ1) is 16.7. The van der Waals surface area contributed by atoms with E-state index in [1.807, 2.05) is 6.92 Å². The van der Waals surface area contributed by atoms with Crippen LogP contribution in [-0.4, -0.2) is 25.7 Å². The normalized spacial score (nSPS) is 10.7. The molecule has 0 unspecified atom stereocenters. The average Bonchev–Trinajstić information content (AvgIpc) is 2.94. The predicted octanol–water partition coefficient (Wildman–Crippen LogP) is 2.39. The number of benzene rings is 1. The summed E-state index contributed by atoms with van der Waals surface area (Å²) in [6.07, 6.45) is 1.43. The summed E-state index contributed by atoms with van der Waals surface area (Å²) in [5, 5.41) is 6.86. The molecule has 0 radical (unpaired) electrons. The minimum absolute atomic E-state index is 0.127. The van der Waals surface area contributed by atoms with E-state index in [9.17, 15) is 13.6 Å². The first-order chi connectivity index (χ1) is 11.9. The fourth-order valence-electron chi connectivity index (χ4n) is 2.38. The summed E-state index contributed by atoms with van der Waals surface area (Å²) >= 11 is 0. The number of carbonyl (C=O) groups is 1. The molecule has 3 aromatic rings. The summed E-state index contributed by atoms with van der Waals surface area (Å²) in [5.74, 6) is -1.78. The van der Waals surface area contributed by atoms with Crippen LogP contribution in [0.2, 0.25) is 0 Å². The van der Waals surface area contributed by atoms with Gasteiger partial charge in [-0.05, 0) is 31.2 Å². The lowest BCUT2D eigenvalue weighted by molar-refractivity contribution is 0.0941. The molecule has 1 N–H and O–H groups in total. The zero-order chi connectivity index (χ0) is 18.0. The molecule has 1 aromatic carbocycles. The van der Waals surface area contributed by atoms with Crippen LogP contribution < -0.4 is 5.32 Å². The fourth-order valence-corrected chi connectivity index (χ4v) is 2.38. The summed E-state index contributed by atoms with van der Waals surface area (Å²) < 4.78 is 28.3. The molecule has 128 valence electrons. The van der Waals surface area contributed by atoms with Gasteiger partial charge in [-0.25, -0.2) is 18.7 Å². The second kappa shape index (κ2) is 6.76. The quantitative estimate of drug-likeness (QED) is 0.789.